The molecule has 84 valence electrons. The van der Waals surface area contributed by atoms with Gasteiger partial charge in [-0.25, -0.2) is 0 Å². The summed E-state index contributed by atoms with van der Waals surface area (Å²) >= 11 is 0. The van der Waals surface area contributed by atoms with Crippen molar-refractivity contribution < 1.29 is 0 Å². The van der Waals surface area contributed by atoms with Gasteiger partial charge in [-0.2, -0.15) is 0 Å². The first-order valence-electron chi connectivity index (χ1n) is 6.12. The molecular weight excluding hydrogens is 172 g/mol. The van der Waals surface area contributed by atoms with Gasteiger partial charge in [-0.1, -0.05) is 13.8 Å². The van der Waals surface area contributed by atoms with Crippen LogP contribution in [0.15, 0.2) is 0 Å². The second kappa shape index (κ2) is 6.41. The Bertz CT molecular complexity index is 139. The van der Waals surface area contributed by atoms with E-state index in [0.29, 0.717) is 6.04 Å². The SMILES string of the molecule is CC(C)CC(C)NCC1CCNCC1. The van der Waals surface area contributed by atoms with Crippen LogP contribution in [0.1, 0.15) is 40.0 Å². The molecule has 0 aromatic rings. The molecule has 2 N–H and O–H groups in total. The van der Waals surface area contributed by atoms with Crippen molar-refractivity contribution >= 4 is 0 Å². The lowest BCUT2D eigenvalue weighted by atomic mass is 9.97. The van der Waals surface area contributed by atoms with Crippen molar-refractivity contribution in [3.05, 3.63) is 0 Å². The molecule has 1 saturated heterocycles. The highest BCUT2D eigenvalue weighted by Crippen LogP contribution is 2.11. The topological polar surface area (TPSA) is 24.1 Å². The quantitative estimate of drug-likeness (QED) is 0.706. The lowest BCUT2D eigenvalue weighted by molar-refractivity contribution is 0.331. The Hall–Kier alpha value is -0.0800. The summed E-state index contributed by atoms with van der Waals surface area (Å²) in [7, 11) is 0. The molecule has 2 nitrogen and oxygen atoms in total. The molecule has 1 heterocycles. The molecular formula is C12H26N2. The number of piperidine rings is 1. The summed E-state index contributed by atoms with van der Waals surface area (Å²) in [5.74, 6) is 1.72. The Labute approximate surface area is 88.8 Å². The van der Waals surface area contributed by atoms with Crippen molar-refractivity contribution in [2.24, 2.45) is 11.8 Å². The molecule has 2 heteroatoms. The van der Waals surface area contributed by atoms with E-state index < -0.39 is 0 Å². The van der Waals surface area contributed by atoms with E-state index in [4.69, 9.17) is 0 Å². The minimum atomic E-state index is 0.685. The predicted octanol–water partition coefficient (Wildman–Crippen LogP) is 2.01. The van der Waals surface area contributed by atoms with E-state index in [1.165, 1.54) is 38.9 Å². The van der Waals surface area contributed by atoms with E-state index >= 15 is 0 Å². The molecule has 1 rings (SSSR count). The molecule has 0 radical (unpaired) electrons. The summed E-state index contributed by atoms with van der Waals surface area (Å²) in [6.07, 6.45) is 3.99. The van der Waals surface area contributed by atoms with E-state index in [2.05, 4.69) is 31.4 Å². The summed E-state index contributed by atoms with van der Waals surface area (Å²) in [4.78, 5) is 0. The standard InChI is InChI=1S/C12H26N2/c1-10(2)8-11(3)14-9-12-4-6-13-7-5-12/h10-14H,4-9H2,1-3H3. The third-order valence-corrected chi connectivity index (χ3v) is 3.04. The normalized spacial score (nSPS) is 21.4. The molecule has 0 aromatic heterocycles. The van der Waals surface area contributed by atoms with E-state index in [1.54, 1.807) is 0 Å². The smallest absolute Gasteiger partial charge is 0.00412 e. The van der Waals surface area contributed by atoms with Gasteiger partial charge in [0.2, 0.25) is 0 Å². The summed E-state index contributed by atoms with van der Waals surface area (Å²) in [6, 6.07) is 0.685. The summed E-state index contributed by atoms with van der Waals surface area (Å²) in [5.41, 5.74) is 0. The maximum absolute atomic E-state index is 3.66. The molecule has 0 spiro atoms. The largest absolute Gasteiger partial charge is 0.317 e. The minimum Gasteiger partial charge on any atom is -0.317 e. The first-order valence-corrected chi connectivity index (χ1v) is 6.12. The molecule has 1 aliphatic rings. The first-order chi connectivity index (χ1) is 6.68. The second-order valence-corrected chi connectivity index (χ2v) is 5.13. The Balaban J connectivity index is 2.06. The predicted molar refractivity (Wildman–Crippen MR) is 62.5 cm³/mol. The minimum absolute atomic E-state index is 0.685. The van der Waals surface area contributed by atoms with E-state index in [-0.39, 0.29) is 0 Å². The van der Waals surface area contributed by atoms with Gasteiger partial charge in [-0.15, -0.1) is 0 Å². The lowest BCUT2D eigenvalue weighted by Gasteiger charge is -2.25. The van der Waals surface area contributed by atoms with Crippen molar-refractivity contribution in [1.82, 2.24) is 10.6 Å². The van der Waals surface area contributed by atoms with Crippen LogP contribution in [0.5, 0.6) is 0 Å². The van der Waals surface area contributed by atoms with Gasteiger partial charge in [-0.05, 0) is 57.7 Å². The molecule has 0 bridgehead atoms. The third-order valence-electron chi connectivity index (χ3n) is 3.04. The van der Waals surface area contributed by atoms with Crippen molar-refractivity contribution in [3.63, 3.8) is 0 Å². The first kappa shape index (κ1) is 12.0. The fourth-order valence-electron chi connectivity index (χ4n) is 2.24. The van der Waals surface area contributed by atoms with Crippen molar-refractivity contribution in [2.75, 3.05) is 19.6 Å². The lowest BCUT2D eigenvalue weighted by Crippen LogP contribution is -2.37. The second-order valence-electron chi connectivity index (χ2n) is 5.13. The zero-order valence-corrected chi connectivity index (χ0v) is 9.97. The summed E-state index contributed by atoms with van der Waals surface area (Å²) in [5, 5.41) is 7.06. The van der Waals surface area contributed by atoms with E-state index in [9.17, 15) is 0 Å². The van der Waals surface area contributed by atoms with Crippen LogP contribution in [0.25, 0.3) is 0 Å². The fraction of sp³-hybridized carbons (Fsp3) is 1.00. The zero-order valence-electron chi connectivity index (χ0n) is 9.97. The van der Waals surface area contributed by atoms with Gasteiger partial charge in [0, 0.05) is 6.04 Å². The highest BCUT2D eigenvalue weighted by molar-refractivity contribution is 4.72. The van der Waals surface area contributed by atoms with Gasteiger partial charge in [0.15, 0.2) is 0 Å². The van der Waals surface area contributed by atoms with Crippen LogP contribution < -0.4 is 10.6 Å². The molecule has 0 saturated carbocycles. The van der Waals surface area contributed by atoms with Crippen LogP contribution in [-0.2, 0) is 0 Å². The van der Waals surface area contributed by atoms with Crippen LogP contribution in [0, 0.1) is 11.8 Å². The van der Waals surface area contributed by atoms with Crippen LogP contribution in [-0.4, -0.2) is 25.7 Å². The zero-order chi connectivity index (χ0) is 10.4. The Morgan fingerprint density at radius 2 is 1.86 bits per heavy atom. The molecule has 0 aliphatic carbocycles. The van der Waals surface area contributed by atoms with Crippen LogP contribution >= 0.6 is 0 Å². The van der Waals surface area contributed by atoms with E-state index in [1.807, 2.05) is 0 Å². The maximum Gasteiger partial charge on any atom is 0.00412 e. The van der Waals surface area contributed by atoms with E-state index in [0.717, 1.165) is 11.8 Å². The van der Waals surface area contributed by atoms with Crippen LogP contribution in [0.4, 0.5) is 0 Å². The third kappa shape index (κ3) is 4.97. The summed E-state index contributed by atoms with van der Waals surface area (Å²) in [6.45, 7) is 10.5. The molecule has 0 aromatic carbocycles. The Morgan fingerprint density at radius 1 is 1.21 bits per heavy atom. The van der Waals surface area contributed by atoms with Gasteiger partial charge in [0.25, 0.3) is 0 Å². The van der Waals surface area contributed by atoms with Gasteiger partial charge in [0.1, 0.15) is 0 Å². The van der Waals surface area contributed by atoms with Gasteiger partial charge >= 0.3 is 0 Å². The number of nitrogens with one attached hydrogen (secondary N) is 2. The molecule has 1 unspecified atom stereocenters. The fourth-order valence-corrected chi connectivity index (χ4v) is 2.24. The number of hydrogen-bond donors (Lipinski definition) is 2. The van der Waals surface area contributed by atoms with Crippen molar-refractivity contribution in [1.29, 1.82) is 0 Å². The Kier molecular flexibility index (Phi) is 5.49. The Morgan fingerprint density at radius 3 is 2.43 bits per heavy atom. The van der Waals surface area contributed by atoms with Crippen LogP contribution in [0.2, 0.25) is 0 Å². The monoisotopic (exact) mass is 198 g/mol. The van der Waals surface area contributed by atoms with Gasteiger partial charge in [0.05, 0.1) is 0 Å². The molecule has 14 heavy (non-hydrogen) atoms. The highest BCUT2D eigenvalue weighted by atomic mass is 14.9. The highest BCUT2D eigenvalue weighted by Gasteiger charge is 2.13. The number of hydrogen-bond acceptors (Lipinski definition) is 2. The van der Waals surface area contributed by atoms with Crippen molar-refractivity contribution in [3.8, 4) is 0 Å². The molecule has 0 amide bonds. The van der Waals surface area contributed by atoms with Gasteiger partial charge in [-0.3, -0.25) is 0 Å². The average Bonchev–Trinajstić information content (AvgIpc) is 2.15. The average molecular weight is 198 g/mol. The maximum atomic E-state index is 3.66. The van der Waals surface area contributed by atoms with Crippen LogP contribution in [0.3, 0.4) is 0 Å². The molecule has 1 fully saturated rings. The number of rotatable bonds is 5. The summed E-state index contributed by atoms with van der Waals surface area (Å²) < 4.78 is 0. The van der Waals surface area contributed by atoms with Gasteiger partial charge < -0.3 is 10.6 Å². The molecule has 1 aliphatic heterocycles. The van der Waals surface area contributed by atoms with Crippen molar-refractivity contribution in [2.45, 2.75) is 46.1 Å². The molecule has 1 atom stereocenters.